The average Bonchev–Trinajstić information content (AvgIpc) is 2.38. The highest BCUT2D eigenvalue weighted by Gasteiger charge is 2.16. The molecule has 2 rings (SSSR count). The molecule has 2 aromatic carbocycles. The fourth-order valence-corrected chi connectivity index (χ4v) is 2.15. The van der Waals surface area contributed by atoms with Crippen LogP contribution in [0.25, 0.3) is 0 Å². The minimum atomic E-state index is -0.252. The van der Waals surface area contributed by atoms with E-state index in [9.17, 15) is 4.39 Å². The van der Waals surface area contributed by atoms with Crippen molar-refractivity contribution in [3.63, 3.8) is 0 Å². The Kier molecular flexibility index (Phi) is 3.86. The monoisotopic (exact) mass is 258 g/mol. The van der Waals surface area contributed by atoms with Gasteiger partial charge in [-0.15, -0.1) is 0 Å². The van der Waals surface area contributed by atoms with E-state index in [1.54, 1.807) is 6.07 Å². The fraction of sp³-hybridized carbons (Fsp3) is 0.250. The molecule has 0 spiro atoms. The zero-order valence-electron chi connectivity index (χ0n) is 11.5. The third-order valence-corrected chi connectivity index (χ3v) is 3.27. The summed E-state index contributed by atoms with van der Waals surface area (Å²) in [6.07, 6.45) is 0. The molecule has 0 saturated carbocycles. The van der Waals surface area contributed by atoms with E-state index >= 15 is 0 Å². The van der Waals surface area contributed by atoms with Gasteiger partial charge in [0.1, 0.15) is 5.82 Å². The van der Waals surface area contributed by atoms with Crippen LogP contribution in [0.3, 0.4) is 0 Å². The maximum Gasteiger partial charge on any atom is 0.147 e. The number of benzene rings is 2. The van der Waals surface area contributed by atoms with Crippen molar-refractivity contribution in [3.8, 4) is 0 Å². The number of para-hydroxylation sites is 1. The van der Waals surface area contributed by atoms with E-state index in [0.29, 0.717) is 5.69 Å². The molecule has 0 aliphatic rings. The van der Waals surface area contributed by atoms with Crippen LogP contribution in [-0.2, 0) is 0 Å². The lowest BCUT2D eigenvalue weighted by Gasteiger charge is -2.24. The summed E-state index contributed by atoms with van der Waals surface area (Å²) in [5.74, 6) is -0.252. The average molecular weight is 258 g/mol. The summed E-state index contributed by atoms with van der Waals surface area (Å²) < 4.78 is 14.1. The number of halogens is 1. The van der Waals surface area contributed by atoms with Gasteiger partial charge < -0.3 is 10.6 Å². The van der Waals surface area contributed by atoms with Crippen molar-refractivity contribution in [1.82, 2.24) is 0 Å². The predicted molar refractivity (Wildman–Crippen MR) is 78.2 cm³/mol. The molecule has 2 N–H and O–H groups in total. The van der Waals surface area contributed by atoms with Crippen molar-refractivity contribution in [2.45, 2.75) is 19.9 Å². The summed E-state index contributed by atoms with van der Waals surface area (Å²) in [6, 6.07) is 12.8. The molecule has 2 aromatic rings. The molecule has 3 heteroatoms. The van der Waals surface area contributed by atoms with Crippen molar-refractivity contribution >= 4 is 11.4 Å². The minimum absolute atomic E-state index is 0.210. The van der Waals surface area contributed by atoms with Gasteiger partial charge in [0.05, 0.1) is 5.69 Å². The number of aryl methyl sites for hydroxylation is 1. The number of rotatable bonds is 3. The molecule has 19 heavy (non-hydrogen) atoms. The molecule has 0 radical (unpaired) electrons. The Bertz CT molecular complexity index is 561. The maximum atomic E-state index is 14.1. The Morgan fingerprint density at radius 3 is 2.32 bits per heavy atom. The molecule has 2 nitrogen and oxygen atoms in total. The van der Waals surface area contributed by atoms with Crippen molar-refractivity contribution in [2.75, 3.05) is 11.9 Å². The molecule has 0 amide bonds. The Labute approximate surface area is 113 Å². The second kappa shape index (κ2) is 5.41. The van der Waals surface area contributed by atoms with Crippen LogP contribution in [0, 0.1) is 12.7 Å². The van der Waals surface area contributed by atoms with Gasteiger partial charge in [-0.05, 0) is 37.6 Å². The third kappa shape index (κ3) is 2.76. The van der Waals surface area contributed by atoms with Crippen LogP contribution >= 0.6 is 0 Å². The van der Waals surface area contributed by atoms with E-state index in [0.717, 1.165) is 11.3 Å². The molecule has 0 aliphatic heterocycles. The Hall–Kier alpha value is -1.87. The number of anilines is 2. The first kappa shape index (κ1) is 13.6. The quantitative estimate of drug-likeness (QED) is 0.904. The van der Waals surface area contributed by atoms with Crippen LogP contribution in [0.15, 0.2) is 42.5 Å². The highest BCUT2D eigenvalue weighted by molar-refractivity contribution is 5.67. The van der Waals surface area contributed by atoms with E-state index in [1.165, 1.54) is 11.6 Å². The molecular weight excluding hydrogens is 239 g/mol. The van der Waals surface area contributed by atoms with Gasteiger partial charge in [-0.2, -0.15) is 0 Å². The van der Waals surface area contributed by atoms with E-state index in [1.807, 2.05) is 56.1 Å². The zero-order chi connectivity index (χ0) is 14.0. The summed E-state index contributed by atoms with van der Waals surface area (Å²) >= 11 is 0. The van der Waals surface area contributed by atoms with Gasteiger partial charge in [0.2, 0.25) is 0 Å². The minimum Gasteiger partial charge on any atom is -0.342 e. The number of nitrogens with zero attached hydrogens (tertiary/aromatic N) is 1. The summed E-state index contributed by atoms with van der Waals surface area (Å²) in [7, 11) is 1.86. The van der Waals surface area contributed by atoms with Crippen LogP contribution in [0.1, 0.15) is 24.1 Å². The Morgan fingerprint density at radius 1 is 1.11 bits per heavy atom. The molecule has 0 unspecified atom stereocenters. The largest absolute Gasteiger partial charge is 0.342 e. The Balaban J connectivity index is 2.49. The molecule has 0 aliphatic carbocycles. The summed E-state index contributed by atoms with van der Waals surface area (Å²) in [5, 5.41) is 0. The number of hydrogen-bond donors (Lipinski definition) is 1. The predicted octanol–water partition coefficient (Wildman–Crippen LogP) is 3.92. The van der Waals surface area contributed by atoms with E-state index in [4.69, 9.17) is 5.73 Å². The van der Waals surface area contributed by atoms with Gasteiger partial charge in [-0.25, -0.2) is 4.39 Å². The maximum absolute atomic E-state index is 14.1. The lowest BCUT2D eigenvalue weighted by Crippen LogP contribution is -2.17. The van der Waals surface area contributed by atoms with Crippen LogP contribution < -0.4 is 10.6 Å². The van der Waals surface area contributed by atoms with Gasteiger partial charge in [0.15, 0.2) is 0 Å². The van der Waals surface area contributed by atoms with E-state index in [2.05, 4.69) is 0 Å². The van der Waals surface area contributed by atoms with Crippen molar-refractivity contribution < 1.29 is 4.39 Å². The molecule has 1 atom stereocenters. The second-order valence-electron chi connectivity index (χ2n) is 4.86. The van der Waals surface area contributed by atoms with Gasteiger partial charge in [-0.1, -0.05) is 29.8 Å². The smallest absolute Gasteiger partial charge is 0.147 e. The summed E-state index contributed by atoms with van der Waals surface area (Å²) in [4.78, 5) is 1.84. The standard InChI is InChI=1S/C16H19FN2/c1-11-7-9-13(10-8-11)19(3)16-14(12(2)18)5-4-6-15(16)17/h4-10,12H,18H2,1-3H3/t12-/m0/s1. The molecule has 0 aromatic heterocycles. The van der Waals surface area contributed by atoms with Crippen LogP contribution in [-0.4, -0.2) is 7.05 Å². The number of nitrogens with two attached hydrogens (primary N) is 1. The Morgan fingerprint density at radius 2 is 1.74 bits per heavy atom. The fourth-order valence-electron chi connectivity index (χ4n) is 2.15. The van der Waals surface area contributed by atoms with Crippen molar-refractivity contribution in [3.05, 3.63) is 59.4 Å². The lowest BCUT2D eigenvalue weighted by molar-refractivity contribution is 0.622. The van der Waals surface area contributed by atoms with Crippen LogP contribution in [0.5, 0.6) is 0 Å². The normalized spacial score (nSPS) is 12.3. The van der Waals surface area contributed by atoms with Crippen molar-refractivity contribution in [2.24, 2.45) is 5.73 Å². The molecular formula is C16H19FN2. The SMILES string of the molecule is Cc1ccc(N(C)c2c(F)cccc2[C@H](C)N)cc1. The van der Waals surface area contributed by atoms with Gasteiger partial charge in [0, 0.05) is 18.8 Å². The van der Waals surface area contributed by atoms with Gasteiger partial charge >= 0.3 is 0 Å². The van der Waals surface area contributed by atoms with Gasteiger partial charge in [-0.3, -0.25) is 0 Å². The van der Waals surface area contributed by atoms with E-state index in [-0.39, 0.29) is 11.9 Å². The first-order chi connectivity index (χ1) is 9.00. The molecule has 0 heterocycles. The van der Waals surface area contributed by atoms with Gasteiger partial charge in [0.25, 0.3) is 0 Å². The lowest BCUT2D eigenvalue weighted by atomic mass is 10.0. The first-order valence-corrected chi connectivity index (χ1v) is 6.35. The topological polar surface area (TPSA) is 29.3 Å². The highest BCUT2D eigenvalue weighted by atomic mass is 19.1. The second-order valence-corrected chi connectivity index (χ2v) is 4.86. The molecule has 100 valence electrons. The van der Waals surface area contributed by atoms with E-state index < -0.39 is 0 Å². The highest BCUT2D eigenvalue weighted by Crippen LogP contribution is 2.32. The van der Waals surface area contributed by atoms with Crippen molar-refractivity contribution in [1.29, 1.82) is 0 Å². The molecule has 0 fully saturated rings. The summed E-state index contributed by atoms with van der Waals surface area (Å²) in [5.41, 5.74) is 9.40. The first-order valence-electron chi connectivity index (χ1n) is 6.35. The van der Waals surface area contributed by atoms with Crippen LogP contribution in [0.2, 0.25) is 0 Å². The van der Waals surface area contributed by atoms with Crippen LogP contribution in [0.4, 0.5) is 15.8 Å². The third-order valence-electron chi connectivity index (χ3n) is 3.27. The summed E-state index contributed by atoms with van der Waals surface area (Å²) in [6.45, 7) is 3.89. The zero-order valence-corrected chi connectivity index (χ0v) is 11.5. The molecule has 0 bridgehead atoms. The molecule has 0 saturated heterocycles. The number of hydrogen-bond acceptors (Lipinski definition) is 2.